The van der Waals surface area contributed by atoms with E-state index in [0.717, 1.165) is 29.8 Å². The molecule has 6 heteroatoms. The van der Waals surface area contributed by atoms with Crippen LogP contribution in [0.4, 0.5) is 0 Å². The molecule has 0 amide bonds. The molecule has 0 fully saturated rings. The van der Waals surface area contributed by atoms with Crippen LogP contribution >= 0.6 is 0 Å². The molecule has 27 heavy (non-hydrogen) atoms. The van der Waals surface area contributed by atoms with E-state index in [4.69, 9.17) is 4.74 Å². The largest absolute Gasteiger partial charge is 0.481 e. The monoisotopic (exact) mass is 372 g/mol. The third kappa shape index (κ3) is 5.22. The summed E-state index contributed by atoms with van der Waals surface area (Å²) in [5.41, 5.74) is 5.76. The Morgan fingerprint density at radius 2 is 2.15 bits per heavy atom. The minimum absolute atomic E-state index is 0.178. The van der Waals surface area contributed by atoms with Gasteiger partial charge in [0.15, 0.2) is 11.7 Å². The third-order valence-corrected chi connectivity index (χ3v) is 4.85. The molecular formula is C21H28N2O4. The quantitative estimate of drug-likeness (QED) is 0.416. The summed E-state index contributed by atoms with van der Waals surface area (Å²) in [5.74, 6) is -2.84. The van der Waals surface area contributed by atoms with E-state index in [-0.39, 0.29) is 12.2 Å². The zero-order chi connectivity index (χ0) is 20.0. The van der Waals surface area contributed by atoms with Gasteiger partial charge in [0.25, 0.3) is 0 Å². The Hall–Kier alpha value is -2.56. The number of fused-ring (bicyclic) bond motifs is 1. The molecular weight excluding hydrogens is 344 g/mol. The highest BCUT2D eigenvalue weighted by Gasteiger charge is 2.28. The molecule has 0 aromatic carbocycles. The number of aromatic nitrogens is 1. The summed E-state index contributed by atoms with van der Waals surface area (Å²) in [5, 5.41) is 9.22. The van der Waals surface area contributed by atoms with Crippen molar-refractivity contribution in [3.05, 3.63) is 47.0 Å². The minimum atomic E-state index is -1.18. The van der Waals surface area contributed by atoms with E-state index in [1.54, 1.807) is 13.0 Å². The highest BCUT2D eigenvalue weighted by Crippen LogP contribution is 2.27. The molecule has 0 saturated heterocycles. The van der Waals surface area contributed by atoms with Crippen molar-refractivity contribution >= 4 is 17.7 Å². The van der Waals surface area contributed by atoms with E-state index in [1.807, 2.05) is 18.3 Å². The van der Waals surface area contributed by atoms with E-state index in [9.17, 15) is 14.7 Å². The number of nitrogens with zero attached hydrogens (tertiary/aromatic N) is 1. The number of carbonyl (C=O) groups is 2. The van der Waals surface area contributed by atoms with Gasteiger partial charge in [0.2, 0.25) is 0 Å². The second-order valence-electron chi connectivity index (χ2n) is 6.98. The van der Waals surface area contributed by atoms with Gasteiger partial charge in [0.1, 0.15) is 0 Å². The lowest BCUT2D eigenvalue weighted by Crippen LogP contribution is -2.28. The predicted octanol–water partition coefficient (Wildman–Crippen LogP) is 3.16. The molecule has 146 valence electrons. The van der Waals surface area contributed by atoms with E-state index in [1.165, 1.54) is 0 Å². The van der Waals surface area contributed by atoms with Crippen molar-refractivity contribution in [1.29, 1.82) is 0 Å². The van der Waals surface area contributed by atoms with Crippen molar-refractivity contribution in [1.82, 2.24) is 9.88 Å². The lowest BCUT2D eigenvalue weighted by molar-refractivity contribution is -0.154. The number of hydrogen-bond donors (Lipinski definition) is 2. The number of likely N-dealkylation sites (N-methyl/N-ethyl adjacent to an activating group) is 1. The second-order valence-corrected chi connectivity index (χ2v) is 6.98. The first-order valence-corrected chi connectivity index (χ1v) is 9.31. The standard InChI is InChI=1S/C21H28N2O4/c1-5-16(20(24)25)21(26)27-18-10-8-6-7-9-17-19(18)15(13-22-17)11-12-23(4)14(2)3/h6-8,13-14,16,22H,5,9,11-12H2,1-4H3,(H,24,25)/b7-6-. The predicted molar refractivity (Wildman–Crippen MR) is 104 cm³/mol. The number of carbonyl (C=O) groups excluding carboxylic acids is 1. The number of hydrogen-bond acceptors (Lipinski definition) is 4. The Labute approximate surface area is 160 Å². The third-order valence-electron chi connectivity index (χ3n) is 4.85. The molecule has 2 rings (SSSR count). The molecule has 6 nitrogen and oxygen atoms in total. The maximum Gasteiger partial charge on any atom is 0.326 e. The first kappa shape index (κ1) is 20.7. The van der Waals surface area contributed by atoms with E-state index >= 15 is 0 Å². The number of allylic oxidation sites excluding steroid dienone is 3. The van der Waals surface area contributed by atoms with Gasteiger partial charge in [-0.15, -0.1) is 0 Å². The number of carboxylic acid groups (broad SMARTS) is 1. The van der Waals surface area contributed by atoms with Crippen LogP contribution in [0.3, 0.4) is 0 Å². The fourth-order valence-electron chi connectivity index (χ4n) is 2.85. The maximum atomic E-state index is 12.4. The smallest absolute Gasteiger partial charge is 0.326 e. The highest BCUT2D eigenvalue weighted by molar-refractivity contribution is 5.96. The van der Waals surface area contributed by atoms with Gasteiger partial charge in [0.05, 0.1) is 0 Å². The Kier molecular flexibility index (Phi) is 7.22. The Morgan fingerprint density at radius 3 is 2.78 bits per heavy atom. The molecule has 1 aliphatic rings. The number of aliphatic carboxylic acids is 1. The molecule has 1 atom stereocenters. The van der Waals surface area contributed by atoms with Crippen molar-refractivity contribution in [2.45, 2.75) is 46.1 Å². The number of nitrogens with one attached hydrogen (secondary N) is 1. The summed E-state index contributed by atoms with van der Waals surface area (Å²) in [7, 11) is 2.07. The molecule has 0 spiro atoms. The first-order valence-electron chi connectivity index (χ1n) is 9.31. The molecule has 1 aromatic heterocycles. The molecule has 1 aromatic rings. The zero-order valence-electron chi connectivity index (χ0n) is 16.4. The molecule has 1 unspecified atom stereocenters. The Morgan fingerprint density at radius 1 is 1.41 bits per heavy atom. The van der Waals surface area contributed by atoms with Crippen molar-refractivity contribution in [3.8, 4) is 0 Å². The lowest BCUT2D eigenvalue weighted by atomic mass is 10.0. The van der Waals surface area contributed by atoms with Crippen LogP contribution in [0.15, 0.2) is 30.2 Å². The molecule has 2 N–H and O–H groups in total. The minimum Gasteiger partial charge on any atom is -0.481 e. The SMILES string of the molecule is CCC(C(=O)O)C(=O)OC1=C=C/C=C\Cc2[nH]cc(CCN(C)C(C)C)c21. The van der Waals surface area contributed by atoms with Gasteiger partial charge >= 0.3 is 11.9 Å². The number of ether oxygens (including phenoxy) is 1. The number of aromatic amines is 1. The molecule has 1 aliphatic carbocycles. The summed E-state index contributed by atoms with van der Waals surface area (Å²) >= 11 is 0. The van der Waals surface area contributed by atoms with Gasteiger partial charge in [0, 0.05) is 36.5 Å². The van der Waals surface area contributed by atoms with E-state index in [0.29, 0.717) is 12.5 Å². The summed E-state index contributed by atoms with van der Waals surface area (Å²) < 4.78 is 5.51. The summed E-state index contributed by atoms with van der Waals surface area (Å²) in [6.45, 7) is 6.79. The average Bonchev–Trinajstić information content (AvgIpc) is 2.98. The number of H-pyrrole nitrogens is 1. The van der Waals surface area contributed by atoms with Gasteiger partial charge in [-0.25, -0.2) is 0 Å². The van der Waals surface area contributed by atoms with E-state index < -0.39 is 17.9 Å². The molecule has 0 saturated carbocycles. The van der Waals surface area contributed by atoms with Crippen LogP contribution in [0.5, 0.6) is 0 Å². The summed E-state index contributed by atoms with van der Waals surface area (Å²) in [6, 6.07) is 0.433. The normalized spacial score (nSPS) is 15.7. The fraction of sp³-hybridized carbons (Fsp3) is 0.476. The van der Waals surface area contributed by atoms with Crippen LogP contribution in [0.1, 0.15) is 44.0 Å². The first-order chi connectivity index (χ1) is 12.8. The Balaban J connectivity index is 2.32. The van der Waals surface area contributed by atoms with Crippen LogP contribution < -0.4 is 0 Å². The van der Waals surface area contributed by atoms with Gasteiger partial charge in [-0.2, -0.15) is 0 Å². The number of carboxylic acids is 1. The molecule has 0 aliphatic heterocycles. The van der Waals surface area contributed by atoms with Crippen LogP contribution in [-0.4, -0.2) is 46.6 Å². The highest BCUT2D eigenvalue weighted by atomic mass is 16.5. The maximum absolute atomic E-state index is 12.4. The van der Waals surface area contributed by atoms with Gasteiger partial charge < -0.3 is 19.7 Å². The fourth-order valence-corrected chi connectivity index (χ4v) is 2.85. The average molecular weight is 372 g/mol. The summed E-state index contributed by atoms with van der Waals surface area (Å²) in [6.07, 6.45) is 9.08. The van der Waals surface area contributed by atoms with Crippen LogP contribution in [0.25, 0.3) is 5.76 Å². The molecule has 1 heterocycles. The molecule has 0 radical (unpaired) electrons. The lowest BCUT2D eigenvalue weighted by Gasteiger charge is -2.21. The van der Waals surface area contributed by atoms with Crippen LogP contribution in [0, 0.1) is 5.92 Å². The van der Waals surface area contributed by atoms with Crippen molar-refractivity contribution in [2.75, 3.05) is 13.6 Å². The van der Waals surface area contributed by atoms with Crippen LogP contribution in [0.2, 0.25) is 0 Å². The van der Waals surface area contributed by atoms with Crippen molar-refractivity contribution in [2.24, 2.45) is 5.92 Å². The molecule has 0 bridgehead atoms. The van der Waals surface area contributed by atoms with Crippen molar-refractivity contribution in [3.63, 3.8) is 0 Å². The van der Waals surface area contributed by atoms with Gasteiger partial charge in [-0.3, -0.25) is 9.59 Å². The zero-order valence-corrected chi connectivity index (χ0v) is 16.4. The number of rotatable bonds is 8. The summed E-state index contributed by atoms with van der Waals surface area (Å²) in [4.78, 5) is 29.2. The topological polar surface area (TPSA) is 82.6 Å². The number of esters is 1. The van der Waals surface area contributed by atoms with Gasteiger partial charge in [-0.1, -0.05) is 24.8 Å². The second kappa shape index (κ2) is 9.40. The van der Waals surface area contributed by atoms with Crippen LogP contribution in [-0.2, 0) is 27.2 Å². The van der Waals surface area contributed by atoms with Crippen molar-refractivity contribution < 1.29 is 19.4 Å². The van der Waals surface area contributed by atoms with E-state index in [2.05, 4.69) is 36.5 Å². The Bertz CT molecular complexity index is 782. The van der Waals surface area contributed by atoms with Gasteiger partial charge in [-0.05, 0) is 45.4 Å².